The molecule has 0 atom stereocenters. The summed E-state index contributed by atoms with van der Waals surface area (Å²) in [6.45, 7) is 0.946. The fourth-order valence-corrected chi connectivity index (χ4v) is 2.86. The molecule has 3 amide bonds. The zero-order valence-corrected chi connectivity index (χ0v) is 11.1. The number of carbonyl (C=O) groups excluding carboxylic acids is 3. The van der Waals surface area contributed by atoms with E-state index in [2.05, 4.69) is 0 Å². The molecule has 0 bridgehead atoms. The summed E-state index contributed by atoms with van der Waals surface area (Å²) >= 11 is 0. The van der Waals surface area contributed by atoms with E-state index in [0.29, 0.717) is 13.1 Å². The minimum absolute atomic E-state index is 0.0513. The van der Waals surface area contributed by atoms with Crippen LogP contribution in [-0.2, 0) is 14.4 Å². The highest BCUT2D eigenvalue weighted by atomic mass is 16.2. The summed E-state index contributed by atoms with van der Waals surface area (Å²) in [4.78, 5) is 38.0. The van der Waals surface area contributed by atoms with Crippen LogP contribution >= 0.6 is 0 Å². The van der Waals surface area contributed by atoms with E-state index in [1.165, 1.54) is 11.3 Å². The fourth-order valence-electron chi connectivity index (χ4n) is 2.86. The average molecular weight is 267 g/mol. The van der Waals surface area contributed by atoms with Gasteiger partial charge in [0, 0.05) is 19.0 Å². The SMILES string of the molecule is NC(=O)CN1CCN(C(=O)C2CCCCC2)CC1=O. The van der Waals surface area contributed by atoms with Crippen molar-refractivity contribution in [3.05, 3.63) is 0 Å². The molecule has 1 heterocycles. The molecule has 1 aliphatic carbocycles. The van der Waals surface area contributed by atoms with E-state index >= 15 is 0 Å². The number of nitrogens with zero attached hydrogens (tertiary/aromatic N) is 2. The van der Waals surface area contributed by atoms with Crippen LogP contribution in [0.15, 0.2) is 0 Å². The molecule has 0 radical (unpaired) electrons. The van der Waals surface area contributed by atoms with Crippen LogP contribution in [0.2, 0.25) is 0 Å². The summed E-state index contributed by atoms with van der Waals surface area (Å²) in [5.41, 5.74) is 5.08. The molecule has 1 aliphatic heterocycles. The van der Waals surface area contributed by atoms with Crippen LogP contribution in [0, 0.1) is 5.92 Å². The summed E-state index contributed by atoms with van der Waals surface area (Å²) in [5, 5.41) is 0. The Balaban J connectivity index is 1.88. The van der Waals surface area contributed by atoms with Crippen molar-refractivity contribution in [1.29, 1.82) is 0 Å². The van der Waals surface area contributed by atoms with Crippen LogP contribution < -0.4 is 5.73 Å². The maximum Gasteiger partial charge on any atom is 0.242 e. The van der Waals surface area contributed by atoms with E-state index in [4.69, 9.17) is 5.73 Å². The number of nitrogens with two attached hydrogens (primary N) is 1. The van der Waals surface area contributed by atoms with Crippen molar-refractivity contribution in [1.82, 2.24) is 9.80 Å². The molecule has 2 N–H and O–H groups in total. The van der Waals surface area contributed by atoms with Gasteiger partial charge in [-0.2, -0.15) is 0 Å². The standard InChI is InChI=1S/C13H21N3O3/c14-11(17)8-15-6-7-16(9-12(15)18)13(19)10-4-2-1-3-5-10/h10H,1-9H2,(H2,14,17). The summed E-state index contributed by atoms with van der Waals surface area (Å²) in [6.07, 6.45) is 5.29. The highest BCUT2D eigenvalue weighted by Crippen LogP contribution is 2.25. The first-order valence-electron chi connectivity index (χ1n) is 6.93. The van der Waals surface area contributed by atoms with Crippen molar-refractivity contribution < 1.29 is 14.4 Å². The minimum Gasteiger partial charge on any atom is -0.368 e. The van der Waals surface area contributed by atoms with Crippen molar-refractivity contribution in [3.8, 4) is 0 Å². The predicted octanol–water partition coefficient (Wildman–Crippen LogP) is -0.277. The molecule has 2 aliphatic rings. The third-order valence-corrected chi connectivity index (χ3v) is 3.93. The van der Waals surface area contributed by atoms with Gasteiger partial charge in [0.2, 0.25) is 17.7 Å². The summed E-state index contributed by atoms with van der Waals surface area (Å²) in [6, 6.07) is 0. The van der Waals surface area contributed by atoms with Crippen molar-refractivity contribution >= 4 is 17.7 Å². The van der Waals surface area contributed by atoms with Gasteiger partial charge in [-0.15, -0.1) is 0 Å². The van der Waals surface area contributed by atoms with Gasteiger partial charge in [0.15, 0.2) is 0 Å². The molecule has 6 nitrogen and oxygen atoms in total. The molecular weight excluding hydrogens is 246 g/mol. The van der Waals surface area contributed by atoms with Crippen molar-refractivity contribution in [2.45, 2.75) is 32.1 Å². The molecule has 1 saturated heterocycles. The Labute approximate surface area is 112 Å². The normalized spacial score (nSPS) is 21.6. The second-order valence-corrected chi connectivity index (χ2v) is 5.38. The molecule has 0 spiro atoms. The lowest BCUT2D eigenvalue weighted by Gasteiger charge is -2.36. The molecule has 6 heteroatoms. The molecule has 2 fully saturated rings. The molecule has 1 saturated carbocycles. The van der Waals surface area contributed by atoms with E-state index in [9.17, 15) is 14.4 Å². The molecule has 0 unspecified atom stereocenters. The van der Waals surface area contributed by atoms with Crippen molar-refractivity contribution in [2.24, 2.45) is 11.7 Å². The Kier molecular flexibility index (Phi) is 4.39. The predicted molar refractivity (Wildman–Crippen MR) is 68.9 cm³/mol. The lowest BCUT2D eigenvalue weighted by atomic mass is 9.88. The van der Waals surface area contributed by atoms with Gasteiger partial charge >= 0.3 is 0 Å². The van der Waals surface area contributed by atoms with Gasteiger partial charge in [-0.3, -0.25) is 14.4 Å². The molecule has 0 aromatic heterocycles. The van der Waals surface area contributed by atoms with Gasteiger partial charge in [-0.25, -0.2) is 0 Å². The molecule has 106 valence electrons. The van der Waals surface area contributed by atoms with E-state index in [1.807, 2.05) is 0 Å². The second-order valence-electron chi connectivity index (χ2n) is 5.38. The van der Waals surface area contributed by atoms with Gasteiger partial charge in [0.05, 0.1) is 13.1 Å². The van der Waals surface area contributed by atoms with E-state index in [-0.39, 0.29) is 30.8 Å². The summed E-state index contributed by atoms with van der Waals surface area (Å²) < 4.78 is 0. The quantitative estimate of drug-likeness (QED) is 0.763. The summed E-state index contributed by atoms with van der Waals surface area (Å²) in [7, 11) is 0. The lowest BCUT2D eigenvalue weighted by Crippen LogP contribution is -2.55. The first-order valence-corrected chi connectivity index (χ1v) is 6.93. The van der Waals surface area contributed by atoms with Crippen LogP contribution in [0.3, 0.4) is 0 Å². The monoisotopic (exact) mass is 267 g/mol. The van der Waals surface area contributed by atoms with Crippen molar-refractivity contribution in [3.63, 3.8) is 0 Å². The zero-order valence-electron chi connectivity index (χ0n) is 11.1. The van der Waals surface area contributed by atoms with E-state index < -0.39 is 5.91 Å². The molecular formula is C13H21N3O3. The summed E-state index contributed by atoms with van der Waals surface area (Å²) in [5.74, 6) is -0.509. The maximum atomic E-state index is 12.3. The Bertz CT molecular complexity index is 377. The molecule has 0 aromatic rings. The van der Waals surface area contributed by atoms with E-state index in [1.54, 1.807) is 4.90 Å². The third-order valence-electron chi connectivity index (χ3n) is 3.93. The van der Waals surface area contributed by atoms with Crippen LogP contribution in [0.4, 0.5) is 0 Å². The lowest BCUT2D eigenvalue weighted by molar-refractivity contribution is -0.149. The van der Waals surface area contributed by atoms with Crippen molar-refractivity contribution in [2.75, 3.05) is 26.2 Å². The third kappa shape index (κ3) is 3.45. The fraction of sp³-hybridized carbons (Fsp3) is 0.769. The second kappa shape index (κ2) is 6.04. The van der Waals surface area contributed by atoms with Crippen LogP contribution in [-0.4, -0.2) is 53.7 Å². The van der Waals surface area contributed by atoms with Gasteiger partial charge in [0.25, 0.3) is 0 Å². The van der Waals surface area contributed by atoms with Crippen LogP contribution in [0.1, 0.15) is 32.1 Å². The highest BCUT2D eigenvalue weighted by Gasteiger charge is 2.31. The largest absolute Gasteiger partial charge is 0.368 e. The average Bonchev–Trinajstić information content (AvgIpc) is 2.41. The van der Waals surface area contributed by atoms with Gasteiger partial charge in [-0.05, 0) is 12.8 Å². The Morgan fingerprint density at radius 1 is 1.16 bits per heavy atom. The number of rotatable bonds is 3. The van der Waals surface area contributed by atoms with E-state index in [0.717, 1.165) is 25.7 Å². The number of hydrogen-bond acceptors (Lipinski definition) is 3. The first-order chi connectivity index (χ1) is 9.08. The molecule has 2 rings (SSSR count). The van der Waals surface area contributed by atoms with Gasteiger partial charge in [0.1, 0.15) is 0 Å². The Hall–Kier alpha value is -1.59. The van der Waals surface area contributed by atoms with Crippen LogP contribution in [0.25, 0.3) is 0 Å². The molecule has 19 heavy (non-hydrogen) atoms. The van der Waals surface area contributed by atoms with Gasteiger partial charge < -0.3 is 15.5 Å². The number of carbonyl (C=O) groups is 3. The number of piperazine rings is 1. The Morgan fingerprint density at radius 2 is 1.84 bits per heavy atom. The highest BCUT2D eigenvalue weighted by molar-refractivity contribution is 5.89. The maximum absolute atomic E-state index is 12.3. The first kappa shape index (κ1) is 13.8. The minimum atomic E-state index is -0.514. The van der Waals surface area contributed by atoms with Crippen LogP contribution in [0.5, 0.6) is 0 Å². The number of hydrogen-bond donors (Lipinski definition) is 1. The smallest absolute Gasteiger partial charge is 0.242 e. The topological polar surface area (TPSA) is 83.7 Å². The number of amides is 3. The Morgan fingerprint density at radius 3 is 2.42 bits per heavy atom. The number of primary amides is 1. The zero-order chi connectivity index (χ0) is 13.8. The van der Waals surface area contributed by atoms with Gasteiger partial charge in [-0.1, -0.05) is 19.3 Å². The molecule has 0 aromatic carbocycles.